The number of ether oxygens (including phenoxy) is 2. The number of hydrogen-bond donors (Lipinski definition) is 1. The van der Waals surface area contributed by atoms with Crippen LogP contribution in [-0.4, -0.2) is 13.7 Å². The quantitative estimate of drug-likeness (QED) is 0.454. The van der Waals surface area contributed by atoms with Crippen LogP contribution in [0.15, 0.2) is 72.8 Å². The molecule has 0 fully saturated rings. The van der Waals surface area contributed by atoms with Gasteiger partial charge in [-0.05, 0) is 54.4 Å². The topological polar surface area (TPSA) is 30.5 Å². The van der Waals surface area contributed by atoms with Crippen molar-refractivity contribution >= 4 is 24.0 Å². The lowest BCUT2D eigenvalue weighted by Gasteiger charge is -2.13. The molecule has 0 aliphatic heterocycles. The average Bonchev–Trinajstić information content (AvgIpc) is 2.72. The van der Waals surface area contributed by atoms with Gasteiger partial charge in [0.25, 0.3) is 0 Å². The highest BCUT2D eigenvalue weighted by atomic mass is 35.5. The molecule has 1 N–H and O–H groups in total. The van der Waals surface area contributed by atoms with Crippen LogP contribution in [0.3, 0.4) is 0 Å². The van der Waals surface area contributed by atoms with Gasteiger partial charge in [-0.15, -0.1) is 12.4 Å². The highest BCUT2D eigenvalue weighted by molar-refractivity contribution is 6.30. The first-order valence-electron chi connectivity index (χ1n) is 9.03. The second-order valence-electron chi connectivity index (χ2n) is 6.30. The largest absolute Gasteiger partial charge is 0.497 e. The lowest BCUT2D eigenvalue weighted by molar-refractivity contribution is 0.302. The monoisotopic (exact) mass is 417 g/mol. The molecule has 148 valence electrons. The summed E-state index contributed by atoms with van der Waals surface area (Å²) in [6.07, 6.45) is 0.949. The summed E-state index contributed by atoms with van der Waals surface area (Å²) in [5.74, 6) is 1.74. The Balaban J connectivity index is 0.00000280. The number of nitrogens with one attached hydrogen (secondary N) is 1. The molecule has 3 nitrogen and oxygen atoms in total. The third-order valence-electron chi connectivity index (χ3n) is 4.32. The van der Waals surface area contributed by atoms with Crippen molar-refractivity contribution < 1.29 is 9.47 Å². The molecule has 3 aromatic rings. The summed E-state index contributed by atoms with van der Waals surface area (Å²) < 4.78 is 11.2. The second-order valence-corrected chi connectivity index (χ2v) is 6.74. The summed E-state index contributed by atoms with van der Waals surface area (Å²) in [6.45, 7) is 2.12. The zero-order valence-corrected chi connectivity index (χ0v) is 17.4. The predicted molar refractivity (Wildman–Crippen MR) is 118 cm³/mol. The van der Waals surface area contributed by atoms with Gasteiger partial charge in [0.2, 0.25) is 0 Å². The Hall–Kier alpha value is -2.20. The predicted octanol–water partition coefficient (Wildman–Crippen LogP) is 5.68. The van der Waals surface area contributed by atoms with Crippen LogP contribution < -0.4 is 14.8 Å². The van der Waals surface area contributed by atoms with Crippen molar-refractivity contribution in [3.8, 4) is 11.5 Å². The van der Waals surface area contributed by atoms with Crippen molar-refractivity contribution in [2.75, 3.05) is 13.7 Å². The van der Waals surface area contributed by atoms with E-state index in [2.05, 4.69) is 29.6 Å². The Bertz CT molecular complexity index is 839. The standard InChI is InChI=1S/C23H24ClNO2.ClH/c1-26-22-10-7-18(8-11-22)13-14-25-16-20-15-21(24)9-12-23(20)27-17-19-5-3-2-4-6-19;/h2-12,15,25H,13-14,16-17H2,1H3;1H. The van der Waals surface area contributed by atoms with Crippen LogP contribution >= 0.6 is 24.0 Å². The molecule has 0 aliphatic rings. The van der Waals surface area contributed by atoms with E-state index < -0.39 is 0 Å². The van der Waals surface area contributed by atoms with Crippen LogP contribution in [0.4, 0.5) is 0 Å². The highest BCUT2D eigenvalue weighted by Crippen LogP contribution is 2.24. The molecule has 0 saturated heterocycles. The molecular formula is C23H25Cl2NO2. The first-order chi connectivity index (χ1) is 13.2. The third-order valence-corrected chi connectivity index (χ3v) is 4.56. The Labute approximate surface area is 178 Å². The third kappa shape index (κ3) is 6.75. The van der Waals surface area contributed by atoms with Crippen molar-refractivity contribution in [3.63, 3.8) is 0 Å². The van der Waals surface area contributed by atoms with Crippen LogP contribution in [0.25, 0.3) is 0 Å². The fourth-order valence-corrected chi connectivity index (χ4v) is 3.00. The summed E-state index contributed by atoms with van der Waals surface area (Å²) in [7, 11) is 1.68. The van der Waals surface area contributed by atoms with Gasteiger partial charge in [-0.1, -0.05) is 54.1 Å². The Kier molecular flexibility index (Phi) is 9.15. The van der Waals surface area contributed by atoms with Gasteiger partial charge < -0.3 is 14.8 Å². The summed E-state index contributed by atoms with van der Waals surface area (Å²) in [5.41, 5.74) is 3.48. The smallest absolute Gasteiger partial charge is 0.124 e. The van der Waals surface area contributed by atoms with Gasteiger partial charge in [-0.3, -0.25) is 0 Å². The number of methoxy groups -OCH3 is 1. The molecule has 0 aromatic heterocycles. The number of hydrogen-bond acceptors (Lipinski definition) is 3. The molecule has 0 aliphatic carbocycles. The van der Waals surface area contributed by atoms with E-state index in [1.807, 2.05) is 48.5 Å². The van der Waals surface area contributed by atoms with Crippen molar-refractivity contribution in [1.82, 2.24) is 5.32 Å². The molecule has 0 saturated carbocycles. The van der Waals surface area contributed by atoms with Gasteiger partial charge in [-0.2, -0.15) is 0 Å². The van der Waals surface area contributed by atoms with Gasteiger partial charge in [0.1, 0.15) is 18.1 Å². The van der Waals surface area contributed by atoms with Crippen LogP contribution in [-0.2, 0) is 19.6 Å². The van der Waals surface area contributed by atoms with E-state index in [1.54, 1.807) is 7.11 Å². The highest BCUT2D eigenvalue weighted by Gasteiger charge is 2.06. The first-order valence-corrected chi connectivity index (χ1v) is 9.41. The molecule has 0 radical (unpaired) electrons. The second kappa shape index (κ2) is 11.6. The van der Waals surface area contributed by atoms with Gasteiger partial charge >= 0.3 is 0 Å². The molecule has 3 rings (SSSR count). The summed E-state index contributed by atoms with van der Waals surface area (Å²) >= 11 is 6.18. The summed E-state index contributed by atoms with van der Waals surface area (Å²) in [4.78, 5) is 0. The maximum atomic E-state index is 6.18. The van der Waals surface area contributed by atoms with E-state index in [0.717, 1.165) is 35.6 Å². The number of halogens is 2. The summed E-state index contributed by atoms with van der Waals surface area (Å²) in [6, 6.07) is 24.1. The molecule has 28 heavy (non-hydrogen) atoms. The van der Waals surface area contributed by atoms with E-state index in [-0.39, 0.29) is 12.4 Å². The maximum Gasteiger partial charge on any atom is 0.124 e. The average molecular weight is 418 g/mol. The lowest BCUT2D eigenvalue weighted by atomic mass is 10.1. The van der Waals surface area contributed by atoms with Crippen molar-refractivity contribution in [2.24, 2.45) is 0 Å². The van der Waals surface area contributed by atoms with Gasteiger partial charge in [0.05, 0.1) is 7.11 Å². The van der Waals surface area contributed by atoms with E-state index in [0.29, 0.717) is 18.2 Å². The van der Waals surface area contributed by atoms with Crippen LogP contribution in [0.1, 0.15) is 16.7 Å². The number of rotatable bonds is 9. The minimum atomic E-state index is 0. The molecule has 3 aromatic carbocycles. The lowest BCUT2D eigenvalue weighted by Crippen LogP contribution is -2.17. The summed E-state index contributed by atoms with van der Waals surface area (Å²) in [5, 5.41) is 4.19. The molecule has 0 bridgehead atoms. The van der Waals surface area contributed by atoms with E-state index >= 15 is 0 Å². The molecule has 0 heterocycles. The zero-order valence-electron chi connectivity index (χ0n) is 15.9. The Morgan fingerprint density at radius 2 is 1.64 bits per heavy atom. The van der Waals surface area contributed by atoms with Gasteiger partial charge in [0, 0.05) is 17.1 Å². The normalized spacial score (nSPS) is 10.2. The fourth-order valence-electron chi connectivity index (χ4n) is 2.81. The van der Waals surface area contributed by atoms with Crippen molar-refractivity contribution in [1.29, 1.82) is 0 Å². The van der Waals surface area contributed by atoms with E-state index in [1.165, 1.54) is 5.56 Å². The van der Waals surface area contributed by atoms with Crippen LogP contribution in [0, 0.1) is 0 Å². The Morgan fingerprint density at radius 3 is 2.36 bits per heavy atom. The number of benzene rings is 3. The molecular weight excluding hydrogens is 393 g/mol. The van der Waals surface area contributed by atoms with Crippen LogP contribution in [0.2, 0.25) is 5.02 Å². The molecule has 0 atom stereocenters. The SMILES string of the molecule is COc1ccc(CCNCc2cc(Cl)ccc2OCc2ccccc2)cc1.Cl. The van der Waals surface area contributed by atoms with Crippen molar-refractivity contribution in [3.05, 3.63) is 94.5 Å². The zero-order chi connectivity index (χ0) is 18.9. The van der Waals surface area contributed by atoms with E-state index in [9.17, 15) is 0 Å². The maximum absolute atomic E-state index is 6.18. The first kappa shape index (κ1) is 22.1. The van der Waals surface area contributed by atoms with E-state index in [4.69, 9.17) is 21.1 Å². The fraction of sp³-hybridized carbons (Fsp3) is 0.217. The Morgan fingerprint density at radius 1 is 0.893 bits per heavy atom. The van der Waals surface area contributed by atoms with Gasteiger partial charge in [0.15, 0.2) is 0 Å². The van der Waals surface area contributed by atoms with Crippen molar-refractivity contribution in [2.45, 2.75) is 19.6 Å². The molecule has 0 unspecified atom stereocenters. The molecule has 5 heteroatoms. The molecule has 0 spiro atoms. The minimum absolute atomic E-state index is 0. The van der Waals surface area contributed by atoms with Gasteiger partial charge in [-0.25, -0.2) is 0 Å². The minimum Gasteiger partial charge on any atom is -0.497 e. The van der Waals surface area contributed by atoms with Crippen LogP contribution in [0.5, 0.6) is 11.5 Å². The molecule has 0 amide bonds.